The zero-order chi connectivity index (χ0) is 14.9. The monoisotopic (exact) mass is 298 g/mol. The number of hydrogen-bond acceptors (Lipinski definition) is 4. The molecule has 0 amide bonds. The van der Waals surface area contributed by atoms with Crippen LogP contribution in [-0.2, 0) is 10.0 Å². The van der Waals surface area contributed by atoms with Crippen molar-refractivity contribution in [3.63, 3.8) is 0 Å². The summed E-state index contributed by atoms with van der Waals surface area (Å²) in [6.07, 6.45) is 4.97. The van der Waals surface area contributed by atoms with E-state index in [0.29, 0.717) is 16.8 Å². The van der Waals surface area contributed by atoms with Gasteiger partial charge in [-0.15, -0.1) is 0 Å². The molecule has 104 valence electrons. The smallest absolute Gasteiger partial charge is 0.236 e. The maximum Gasteiger partial charge on any atom is 0.239 e. The minimum Gasteiger partial charge on any atom is -0.236 e. The summed E-state index contributed by atoms with van der Waals surface area (Å²) in [7, 11) is -3.81. The van der Waals surface area contributed by atoms with Gasteiger partial charge in [0, 0.05) is 18.0 Å². The summed E-state index contributed by atoms with van der Waals surface area (Å²) in [6.45, 7) is 0. The molecule has 3 aromatic rings. The van der Waals surface area contributed by atoms with E-state index in [2.05, 4.69) is 21.9 Å². The Kier molecular flexibility index (Phi) is 3.17. The van der Waals surface area contributed by atoms with Gasteiger partial charge < -0.3 is 0 Å². The summed E-state index contributed by atoms with van der Waals surface area (Å²) in [6, 6.07) is 8.09. The summed E-state index contributed by atoms with van der Waals surface area (Å²) in [4.78, 5) is 4.18. The third-order valence-electron chi connectivity index (χ3n) is 2.80. The first-order valence-electron chi connectivity index (χ1n) is 5.98. The quantitative estimate of drug-likeness (QED) is 0.672. The molecule has 0 aliphatic heterocycles. The van der Waals surface area contributed by atoms with Crippen LogP contribution in [0.5, 0.6) is 0 Å². The lowest BCUT2D eigenvalue weighted by Crippen LogP contribution is -2.13. The number of sulfonamides is 1. The van der Waals surface area contributed by atoms with Crippen LogP contribution in [0.3, 0.4) is 0 Å². The number of hydrogen-bond donors (Lipinski definition) is 1. The first-order chi connectivity index (χ1) is 10.1. The number of aromatic nitrogens is 3. The lowest BCUT2D eigenvalue weighted by atomic mass is 10.2. The molecule has 0 aliphatic rings. The van der Waals surface area contributed by atoms with Gasteiger partial charge >= 0.3 is 0 Å². The second kappa shape index (κ2) is 5.01. The van der Waals surface area contributed by atoms with Crippen molar-refractivity contribution in [2.24, 2.45) is 5.14 Å². The Morgan fingerprint density at radius 2 is 1.86 bits per heavy atom. The molecule has 0 saturated carbocycles. The predicted octanol–water partition coefficient (Wildman–Crippen LogP) is 0.777. The van der Waals surface area contributed by atoms with Crippen LogP contribution in [0.4, 0.5) is 0 Å². The fourth-order valence-corrected chi connectivity index (χ4v) is 2.56. The van der Waals surface area contributed by atoms with Crippen molar-refractivity contribution in [2.45, 2.75) is 4.90 Å². The lowest BCUT2D eigenvalue weighted by molar-refractivity contribution is 0.597. The molecule has 3 rings (SSSR count). The van der Waals surface area contributed by atoms with Crippen molar-refractivity contribution < 1.29 is 8.42 Å². The predicted molar refractivity (Wildman–Crippen MR) is 76.8 cm³/mol. The van der Waals surface area contributed by atoms with Crippen molar-refractivity contribution in [1.82, 2.24) is 14.6 Å². The molecule has 0 fully saturated rings. The maximum absolute atomic E-state index is 11.5. The molecule has 0 bridgehead atoms. The van der Waals surface area contributed by atoms with E-state index in [0.717, 1.165) is 0 Å². The molecular formula is C14H10N4O2S. The minimum absolute atomic E-state index is 0.00179. The van der Waals surface area contributed by atoms with Gasteiger partial charge in [0.2, 0.25) is 10.0 Å². The summed E-state index contributed by atoms with van der Waals surface area (Å²) in [5, 5.41) is 9.28. The molecule has 0 aliphatic carbocycles. The minimum atomic E-state index is -3.81. The molecular weight excluding hydrogens is 288 g/mol. The van der Waals surface area contributed by atoms with Gasteiger partial charge in [0.25, 0.3) is 0 Å². The fraction of sp³-hybridized carbons (Fsp3) is 0. The van der Waals surface area contributed by atoms with E-state index in [1.807, 2.05) is 0 Å². The summed E-state index contributed by atoms with van der Waals surface area (Å²) >= 11 is 0. The van der Waals surface area contributed by atoms with Crippen LogP contribution in [-0.4, -0.2) is 23.0 Å². The highest BCUT2D eigenvalue weighted by molar-refractivity contribution is 7.89. The van der Waals surface area contributed by atoms with E-state index < -0.39 is 10.0 Å². The van der Waals surface area contributed by atoms with Gasteiger partial charge in [0.1, 0.15) is 0 Å². The van der Waals surface area contributed by atoms with Crippen LogP contribution in [0.1, 0.15) is 11.1 Å². The van der Waals surface area contributed by atoms with Crippen molar-refractivity contribution in [1.29, 1.82) is 0 Å². The largest absolute Gasteiger partial charge is 0.239 e. The Hall–Kier alpha value is -2.69. The Morgan fingerprint density at radius 1 is 1.10 bits per heavy atom. The molecule has 1 aromatic carbocycles. The zero-order valence-electron chi connectivity index (χ0n) is 10.8. The maximum atomic E-state index is 11.5. The van der Waals surface area contributed by atoms with Gasteiger partial charge in [-0.1, -0.05) is 24.0 Å². The van der Waals surface area contributed by atoms with Crippen LogP contribution in [0.25, 0.3) is 5.65 Å². The topological polar surface area (TPSA) is 90.4 Å². The number of nitrogens with two attached hydrogens (primary N) is 1. The van der Waals surface area contributed by atoms with Gasteiger partial charge in [-0.05, 0) is 18.2 Å². The fourth-order valence-electron chi connectivity index (χ4n) is 1.87. The number of benzene rings is 1. The molecule has 7 heteroatoms. The first-order valence-corrected chi connectivity index (χ1v) is 7.52. The van der Waals surface area contributed by atoms with Gasteiger partial charge in [0.05, 0.1) is 16.7 Å². The highest BCUT2D eigenvalue weighted by Gasteiger charge is 2.11. The summed E-state index contributed by atoms with van der Waals surface area (Å²) in [5.74, 6) is 5.69. The summed E-state index contributed by atoms with van der Waals surface area (Å²) in [5.41, 5.74) is 1.56. The van der Waals surface area contributed by atoms with Crippen LogP contribution < -0.4 is 5.14 Å². The van der Waals surface area contributed by atoms with Crippen molar-refractivity contribution in [2.75, 3.05) is 0 Å². The third kappa shape index (κ3) is 2.63. The number of fused-ring (bicyclic) bond motifs is 1. The van der Waals surface area contributed by atoms with Crippen LogP contribution in [0, 0.1) is 11.8 Å². The molecule has 0 spiro atoms. The number of primary sulfonamides is 1. The molecule has 21 heavy (non-hydrogen) atoms. The second-order valence-corrected chi connectivity index (χ2v) is 5.77. The van der Waals surface area contributed by atoms with E-state index in [1.165, 1.54) is 6.07 Å². The SMILES string of the molecule is NS(=O)(=O)c1ccccc1C#Cc1cnn2cccnc12. The number of nitrogens with zero attached hydrogens (tertiary/aromatic N) is 3. The molecule has 2 heterocycles. The Labute approximate surface area is 121 Å². The highest BCUT2D eigenvalue weighted by atomic mass is 32.2. The molecule has 0 atom stereocenters. The molecule has 6 nitrogen and oxygen atoms in total. The third-order valence-corrected chi connectivity index (χ3v) is 3.77. The van der Waals surface area contributed by atoms with Crippen molar-refractivity contribution in [3.8, 4) is 11.8 Å². The molecule has 2 aromatic heterocycles. The lowest BCUT2D eigenvalue weighted by Gasteiger charge is -2.00. The Bertz CT molecular complexity index is 981. The van der Waals surface area contributed by atoms with E-state index in [-0.39, 0.29) is 4.90 Å². The summed E-state index contributed by atoms with van der Waals surface area (Å²) < 4.78 is 24.6. The zero-order valence-corrected chi connectivity index (χ0v) is 11.6. The normalized spacial score (nSPS) is 11.1. The van der Waals surface area contributed by atoms with E-state index in [9.17, 15) is 8.42 Å². The van der Waals surface area contributed by atoms with Crippen LogP contribution in [0.15, 0.2) is 53.8 Å². The second-order valence-electron chi connectivity index (χ2n) is 4.24. The van der Waals surface area contributed by atoms with Crippen molar-refractivity contribution in [3.05, 3.63) is 60.0 Å². The van der Waals surface area contributed by atoms with E-state index in [4.69, 9.17) is 5.14 Å². The standard InChI is InChI=1S/C14H10N4O2S/c15-21(19,20)13-5-2-1-4-11(13)6-7-12-10-17-18-9-3-8-16-14(12)18/h1-5,8-10H,(H2,15,19,20). The van der Waals surface area contributed by atoms with Crippen LogP contribution in [0.2, 0.25) is 0 Å². The van der Waals surface area contributed by atoms with Gasteiger partial charge in [0.15, 0.2) is 5.65 Å². The molecule has 0 saturated heterocycles. The first kappa shape index (κ1) is 13.3. The number of rotatable bonds is 1. The Balaban J connectivity index is 2.11. The average molecular weight is 298 g/mol. The van der Waals surface area contributed by atoms with Gasteiger partial charge in [-0.3, -0.25) is 0 Å². The van der Waals surface area contributed by atoms with E-state index in [1.54, 1.807) is 47.4 Å². The molecule has 0 unspecified atom stereocenters. The van der Waals surface area contributed by atoms with E-state index >= 15 is 0 Å². The van der Waals surface area contributed by atoms with Gasteiger partial charge in [-0.2, -0.15) is 5.10 Å². The average Bonchev–Trinajstić information content (AvgIpc) is 2.88. The molecule has 0 radical (unpaired) electrons. The van der Waals surface area contributed by atoms with Crippen molar-refractivity contribution >= 4 is 15.7 Å². The van der Waals surface area contributed by atoms with Gasteiger partial charge in [-0.25, -0.2) is 23.1 Å². The van der Waals surface area contributed by atoms with Crippen LogP contribution >= 0.6 is 0 Å². The Morgan fingerprint density at radius 3 is 2.67 bits per heavy atom. The highest BCUT2D eigenvalue weighted by Crippen LogP contribution is 2.13. The molecule has 2 N–H and O–H groups in total.